The zero-order chi connectivity index (χ0) is 11.7. The minimum Gasteiger partial charge on any atom is -0.357 e. The van der Waals surface area contributed by atoms with E-state index in [9.17, 15) is 9.59 Å². The Bertz CT molecular complexity index is 442. The van der Waals surface area contributed by atoms with Gasteiger partial charge in [-0.05, 0) is 11.6 Å². The number of amides is 2. The molecule has 0 radical (unpaired) electrons. The van der Waals surface area contributed by atoms with E-state index in [0.29, 0.717) is 6.42 Å². The van der Waals surface area contributed by atoms with Gasteiger partial charge in [0.25, 0.3) is 0 Å². The molecule has 16 heavy (non-hydrogen) atoms. The monoisotopic (exact) mass is 218 g/mol. The normalized spacial score (nSPS) is 18.1. The van der Waals surface area contributed by atoms with Gasteiger partial charge in [0.2, 0.25) is 11.8 Å². The predicted molar refractivity (Wildman–Crippen MR) is 61.2 cm³/mol. The smallest absolute Gasteiger partial charge is 0.243 e. The number of anilines is 1. The summed E-state index contributed by atoms with van der Waals surface area (Å²) in [7, 11) is 1.59. The minimum absolute atomic E-state index is 0.0986. The fraction of sp³-hybridized carbons (Fsp3) is 0.333. The Morgan fingerprint density at radius 2 is 2.06 bits per heavy atom. The molecule has 1 aromatic carbocycles. The molecule has 4 heteroatoms. The van der Waals surface area contributed by atoms with E-state index in [1.165, 1.54) is 6.92 Å². The molecule has 4 nitrogen and oxygen atoms in total. The lowest BCUT2D eigenvalue weighted by atomic mass is 10.1. The first-order valence-corrected chi connectivity index (χ1v) is 5.24. The zero-order valence-corrected chi connectivity index (χ0v) is 9.36. The molecule has 0 saturated heterocycles. The molecule has 0 spiro atoms. The number of hydrogen-bond donors (Lipinski definition) is 1. The van der Waals surface area contributed by atoms with E-state index in [4.69, 9.17) is 0 Å². The summed E-state index contributed by atoms with van der Waals surface area (Å²) in [6.45, 7) is 1.48. The molecule has 84 valence electrons. The van der Waals surface area contributed by atoms with Crippen LogP contribution >= 0.6 is 0 Å². The second-order valence-electron chi connectivity index (χ2n) is 3.85. The van der Waals surface area contributed by atoms with Gasteiger partial charge in [-0.25, -0.2) is 0 Å². The van der Waals surface area contributed by atoms with Gasteiger partial charge in [-0.2, -0.15) is 0 Å². The molecule has 1 N–H and O–H groups in total. The first-order chi connectivity index (χ1) is 7.65. The van der Waals surface area contributed by atoms with Crippen LogP contribution < -0.4 is 10.2 Å². The topological polar surface area (TPSA) is 49.4 Å². The first kappa shape index (κ1) is 10.7. The number of benzene rings is 1. The van der Waals surface area contributed by atoms with Crippen LogP contribution in [0.4, 0.5) is 5.69 Å². The second-order valence-corrected chi connectivity index (χ2v) is 3.85. The van der Waals surface area contributed by atoms with Crippen molar-refractivity contribution in [1.29, 1.82) is 0 Å². The Morgan fingerprint density at radius 3 is 2.69 bits per heavy atom. The van der Waals surface area contributed by atoms with Crippen LogP contribution in [-0.2, 0) is 16.0 Å². The summed E-state index contributed by atoms with van der Waals surface area (Å²) in [6.07, 6.45) is 0.593. The molecule has 1 atom stereocenters. The number of fused-ring (bicyclic) bond motifs is 1. The Hall–Kier alpha value is -1.84. The van der Waals surface area contributed by atoms with Crippen molar-refractivity contribution in [3.8, 4) is 0 Å². The standard InChI is InChI=1S/C12H14N2O2/c1-8(15)14-10-6-4-3-5-9(10)7-11(14)12(16)13-2/h3-6,11H,7H2,1-2H3,(H,13,16). The summed E-state index contributed by atoms with van der Waals surface area (Å²) in [5.74, 6) is -0.218. The van der Waals surface area contributed by atoms with E-state index in [1.807, 2.05) is 24.3 Å². The van der Waals surface area contributed by atoms with Crippen LogP contribution in [0.15, 0.2) is 24.3 Å². The van der Waals surface area contributed by atoms with Crippen LogP contribution in [-0.4, -0.2) is 24.9 Å². The molecule has 0 fully saturated rings. The van der Waals surface area contributed by atoms with Crippen LogP contribution in [0.1, 0.15) is 12.5 Å². The molecular weight excluding hydrogens is 204 g/mol. The summed E-state index contributed by atoms with van der Waals surface area (Å²) in [4.78, 5) is 24.8. The Balaban J connectivity index is 2.41. The number of hydrogen-bond acceptors (Lipinski definition) is 2. The number of nitrogens with one attached hydrogen (secondary N) is 1. The predicted octanol–water partition coefficient (Wildman–Crippen LogP) is 0.710. The maximum absolute atomic E-state index is 11.7. The van der Waals surface area contributed by atoms with Gasteiger partial charge in [0.15, 0.2) is 0 Å². The van der Waals surface area contributed by atoms with Crippen LogP contribution in [0, 0.1) is 0 Å². The third kappa shape index (κ3) is 1.56. The first-order valence-electron chi connectivity index (χ1n) is 5.24. The number of nitrogens with zero attached hydrogens (tertiary/aromatic N) is 1. The van der Waals surface area contributed by atoms with Gasteiger partial charge in [-0.1, -0.05) is 18.2 Å². The van der Waals surface area contributed by atoms with Crippen molar-refractivity contribution < 1.29 is 9.59 Å². The third-order valence-corrected chi connectivity index (χ3v) is 2.86. The molecule has 0 bridgehead atoms. The van der Waals surface area contributed by atoms with Crippen LogP contribution in [0.25, 0.3) is 0 Å². The van der Waals surface area contributed by atoms with Gasteiger partial charge < -0.3 is 5.32 Å². The average Bonchev–Trinajstić information content (AvgIpc) is 2.67. The summed E-state index contributed by atoms with van der Waals surface area (Å²) in [5, 5.41) is 2.59. The molecule has 1 aliphatic rings. The second kappa shape index (κ2) is 3.96. The van der Waals surface area contributed by atoms with E-state index in [1.54, 1.807) is 11.9 Å². The number of likely N-dealkylation sites (N-methyl/N-ethyl adjacent to an activating group) is 1. The lowest BCUT2D eigenvalue weighted by Gasteiger charge is -2.22. The van der Waals surface area contributed by atoms with Crippen molar-refractivity contribution >= 4 is 17.5 Å². The molecular formula is C12H14N2O2. The highest BCUT2D eigenvalue weighted by atomic mass is 16.2. The van der Waals surface area contributed by atoms with Crippen LogP contribution in [0.3, 0.4) is 0 Å². The van der Waals surface area contributed by atoms with Gasteiger partial charge in [0.1, 0.15) is 6.04 Å². The van der Waals surface area contributed by atoms with Gasteiger partial charge in [0.05, 0.1) is 0 Å². The molecule has 1 aromatic rings. The molecule has 0 aromatic heterocycles. The molecule has 2 rings (SSSR count). The lowest BCUT2D eigenvalue weighted by Crippen LogP contribution is -2.46. The Kier molecular flexibility index (Phi) is 2.64. The lowest BCUT2D eigenvalue weighted by molar-refractivity contribution is -0.125. The van der Waals surface area contributed by atoms with Gasteiger partial charge in [-0.3, -0.25) is 14.5 Å². The van der Waals surface area contributed by atoms with E-state index >= 15 is 0 Å². The van der Waals surface area contributed by atoms with Crippen molar-refractivity contribution in [2.75, 3.05) is 11.9 Å². The quantitative estimate of drug-likeness (QED) is 0.754. The van der Waals surface area contributed by atoms with Gasteiger partial charge in [0, 0.05) is 26.1 Å². The number of para-hydroxylation sites is 1. The largest absolute Gasteiger partial charge is 0.357 e. The molecule has 1 unspecified atom stereocenters. The van der Waals surface area contributed by atoms with Crippen molar-refractivity contribution in [2.45, 2.75) is 19.4 Å². The van der Waals surface area contributed by atoms with Crippen molar-refractivity contribution in [1.82, 2.24) is 5.32 Å². The van der Waals surface area contributed by atoms with Crippen molar-refractivity contribution in [3.05, 3.63) is 29.8 Å². The maximum Gasteiger partial charge on any atom is 0.243 e. The Labute approximate surface area is 94.2 Å². The van der Waals surface area contributed by atoms with E-state index in [-0.39, 0.29) is 11.8 Å². The molecule has 0 aliphatic carbocycles. The fourth-order valence-electron chi connectivity index (χ4n) is 2.15. The number of carbonyl (C=O) groups excluding carboxylic acids is 2. The van der Waals surface area contributed by atoms with Gasteiger partial charge >= 0.3 is 0 Å². The van der Waals surface area contributed by atoms with E-state index in [0.717, 1.165) is 11.3 Å². The highest BCUT2D eigenvalue weighted by molar-refractivity contribution is 6.02. The van der Waals surface area contributed by atoms with Crippen LogP contribution in [0.2, 0.25) is 0 Å². The van der Waals surface area contributed by atoms with Crippen molar-refractivity contribution in [3.63, 3.8) is 0 Å². The SMILES string of the molecule is CNC(=O)C1Cc2ccccc2N1C(C)=O. The summed E-state index contributed by atoms with van der Waals surface area (Å²) in [6, 6.07) is 7.22. The average molecular weight is 218 g/mol. The fourth-order valence-corrected chi connectivity index (χ4v) is 2.15. The Morgan fingerprint density at radius 1 is 1.38 bits per heavy atom. The molecule has 2 amide bonds. The van der Waals surface area contributed by atoms with E-state index in [2.05, 4.69) is 5.32 Å². The molecule has 1 aliphatic heterocycles. The molecule has 0 saturated carbocycles. The van der Waals surface area contributed by atoms with E-state index < -0.39 is 6.04 Å². The summed E-state index contributed by atoms with van der Waals surface area (Å²) >= 11 is 0. The van der Waals surface area contributed by atoms with Crippen LogP contribution in [0.5, 0.6) is 0 Å². The maximum atomic E-state index is 11.7. The summed E-state index contributed by atoms with van der Waals surface area (Å²) in [5.41, 5.74) is 1.90. The minimum atomic E-state index is -0.403. The third-order valence-electron chi connectivity index (χ3n) is 2.86. The van der Waals surface area contributed by atoms with Gasteiger partial charge in [-0.15, -0.1) is 0 Å². The highest BCUT2D eigenvalue weighted by Gasteiger charge is 2.35. The highest BCUT2D eigenvalue weighted by Crippen LogP contribution is 2.31. The molecule has 1 heterocycles. The number of rotatable bonds is 1. The summed E-state index contributed by atoms with van der Waals surface area (Å²) < 4.78 is 0. The van der Waals surface area contributed by atoms with Crippen molar-refractivity contribution in [2.24, 2.45) is 0 Å². The zero-order valence-electron chi connectivity index (χ0n) is 9.36. The number of carbonyl (C=O) groups is 2.